The zero-order valence-corrected chi connectivity index (χ0v) is 20.2. The van der Waals surface area contributed by atoms with E-state index in [4.69, 9.17) is 10.9 Å². The maximum atomic E-state index is 13.0. The van der Waals surface area contributed by atoms with Gasteiger partial charge in [-0.05, 0) is 34.9 Å². The van der Waals surface area contributed by atoms with Crippen molar-refractivity contribution in [2.75, 3.05) is 18.9 Å². The molecule has 3 rings (SSSR count). The van der Waals surface area contributed by atoms with Crippen LogP contribution in [-0.2, 0) is 21.0 Å². The van der Waals surface area contributed by atoms with Gasteiger partial charge in [0.25, 0.3) is 6.43 Å². The number of H-pyrrole nitrogens is 1. The van der Waals surface area contributed by atoms with Crippen LogP contribution in [-0.4, -0.2) is 59.3 Å². The molecule has 0 saturated heterocycles. The third-order valence-corrected chi connectivity index (χ3v) is 7.81. The van der Waals surface area contributed by atoms with E-state index in [1.165, 1.54) is 12.1 Å². The number of nitrogens with one attached hydrogen (secondary N) is 3. The van der Waals surface area contributed by atoms with Gasteiger partial charge in [-0.2, -0.15) is 5.21 Å². The minimum Gasteiger partial charge on any atom is -0.387 e. The van der Waals surface area contributed by atoms with Crippen molar-refractivity contribution < 1.29 is 21.4 Å². The molecule has 2 atom stereocenters. The number of anilines is 1. The highest BCUT2D eigenvalue weighted by Gasteiger charge is 2.29. The maximum Gasteiger partial charge on any atom is 0.253 e. The molecule has 16 heteroatoms. The molecule has 0 bridgehead atoms. The predicted octanol–water partition coefficient (Wildman–Crippen LogP) is 1.11. The van der Waals surface area contributed by atoms with Crippen LogP contribution in [0.25, 0.3) is 22.5 Å². The number of hydrogen-bond donors (Lipinski definition) is 6. The number of thiol groups is 1. The molecule has 0 aliphatic rings. The number of nitrogens with zero attached hydrogens (tertiary/aromatic N) is 3. The lowest BCUT2D eigenvalue weighted by Gasteiger charge is -2.18. The van der Waals surface area contributed by atoms with Crippen LogP contribution in [0.1, 0.15) is 6.42 Å². The van der Waals surface area contributed by atoms with E-state index in [0.717, 1.165) is 0 Å². The minimum atomic E-state index is -4.33. The SMILES string of the molecule is CNc1cccc(-c2ccc(S(=O)(=O)NCCC(N)C(F)F)c(S(N)=O)c2-c2nn[nH]n2)c1S. The minimum absolute atomic E-state index is 0.0526. The lowest BCUT2D eigenvalue weighted by molar-refractivity contribution is 0.113. The van der Waals surface area contributed by atoms with Gasteiger partial charge in [-0.3, -0.25) is 0 Å². The highest BCUT2D eigenvalue weighted by Crippen LogP contribution is 2.41. The molecule has 2 aromatic carbocycles. The number of rotatable bonds is 10. The summed E-state index contributed by atoms with van der Waals surface area (Å²) >= 11 is 4.56. The Morgan fingerprint density at radius 3 is 2.56 bits per heavy atom. The van der Waals surface area contributed by atoms with Crippen molar-refractivity contribution in [3.8, 4) is 22.5 Å². The van der Waals surface area contributed by atoms with Gasteiger partial charge in [-0.15, -0.1) is 22.8 Å². The summed E-state index contributed by atoms with van der Waals surface area (Å²) in [7, 11) is -4.95. The molecule has 0 amide bonds. The molecule has 7 N–H and O–H groups in total. The Kier molecular flexibility index (Phi) is 8.32. The topological polar surface area (TPSA) is 182 Å². The van der Waals surface area contributed by atoms with Crippen LogP contribution in [0.4, 0.5) is 14.5 Å². The fourth-order valence-corrected chi connectivity index (χ4v) is 5.98. The first kappa shape index (κ1) is 26.1. The van der Waals surface area contributed by atoms with Crippen LogP contribution < -0.4 is 20.9 Å². The third kappa shape index (κ3) is 5.42. The number of alkyl halides is 2. The number of aromatic nitrogens is 4. The summed E-state index contributed by atoms with van der Waals surface area (Å²) in [6.07, 6.45) is -3.11. The molecular formula is C18H22F2N8O3S3. The molecule has 0 saturated carbocycles. The Morgan fingerprint density at radius 2 is 1.97 bits per heavy atom. The first-order valence-corrected chi connectivity index (χ1v) is 12.8. The molecule has 2 unspecified atom stereocenters. The molecule has 0 spiro atoms. The predicted molar refractivity (Wildman–Crippen MR) is 126 cm³/mol. The summed E-state index contributed by atoms with van der Waals surface area (Å²) in [6.45, 7) is -0.366. The lowest BCUT2D eigenvalue weighted by Crippen LogP contribution is -2.35. The van der Waals surface area contributed by atoms with Crippen molar-refractivity contribution in [1.82, 2.24) is 25.3 Å². The van der Waals surface area contributed by atoms with Crippen molar-refractivity contribution in [3.05, 3.63) is 30.3 Å². The number of sulfonamides is 1. The second kappa shape index (κ2) is 10.8. The summed E-state index contributed by atoms with van der Waals surface area (Å²) in [5.41, 5.74) is 6.98. The second-order valence-corrected chi connectivity index (χ2v) is 10.2. The molecule has 34 heavy (non-hydrogen) atoms. The lowest BCUT2D eigenvalue weighted by atomic mass is 9.98. The van der Waals surface area contributed by atoms with Gasteiger partial charge in [0.05, 0.1) is 10.9 Å². The van der Waals surface area contributed by atoms with Crippen molar-refractivity contribution in [1.29, 1.82) is 0 Å². The van der Waals surface area contributed by atoms with Crippen molar-refractivity contribution in [2.24, 2.45) is 10.9 Å². The molecule has 1 aromatic heterocycles. The number of aromatic amines is 1. The Labute approximate surface area is 202 Å². The molecule has 0 aliphatic carbocycles. The van der Waals surface area contributed by atoms with Crippen LogP contribution >= 0.6 is 12.6 Å². The van der Waals surface area contributed by atoms with Crippen LogP contribution in [0.15, 0.2) is 45.0 Å². The van der Waals surface area contributed by atoms with E-state index in [2.05, 4.69) is 43.3 Å². The number of tetrazole rings is 1. The van der Waals surface area contributed by atoms with E-state index in [-0.39, 0.29) is 29.2 Å². The van der Waals surface area contributed by atoms with E-state index in [9.17, 15) is 21.4 Å². The highest BCUT2D eigenvalue weighted by molar-refractivity contribution is 7.90. The van der Waals surface area contributed by atoms with Crippen molar-refractivity contribution in [2.45, 2.75) is 33.6 Å². The Bertz CT molecular complexity index is 1290. The normalized spacial score (nSPS) is 13.7. The van der Waals surface area contributed by atoms with E-state index >= 15 is 0 Å². The van der Waals surface area contributed by atoms with Crippen LogP contribution in [0.3, 0.4) is 0 Å². The monoisotopic (exact) mass is 532 g/mol. The molecular weight excluding hydrogens is 510 g/mol. The van der Waals surface area contributed by atoms with Crippen molar-refractivity contribution in [3.63, 3.8) is 0 Å². The van der Waals surface area contributed by atoms with Gasteiger partial charge in [-0.25, -0.2) is 31.3 Å². The largest absolute Gasteiger partial charge is 0.387 e. The van der Waals surface area contributed by atoms with Crippen LogP contribution in [0.5, 0.6) is 0 Å². The number of hydrogen-bond acceptors (Lipinski definition) is 9. The molecule has 0 aliphatic heterocycles. The van der Waals surface area contributed by atoms with Crippen molar-refractivity contribution >= 4 is 39.3 Å². The summed E-state index contributed by atoms with van der Waals surface area (Å²) in [4.78, 5) is -0.182. The zero-order valence-electron chi connectivity index (χ0n) is 17.7. The van der Waals surface area contributed by atoms with Gasteiger partial charge in [0.1, 0.15) is 15.9 Å². The summed E-state index contributed by atoms with van der Waals surface area (Å²) in [6, 6.07) is 6.44. The Hall–Kier alpha value is -2.50. The Morgan fingerprint density at radius 1 is 1.24 bits per heavy atom. The molecule has 0 fully saturated rings. The summed E-state index contributed by atoms with van der Waals surface area (Å²) in [5, 5.41) is 22.3. The van der Waals surface area contributed by atoms with E-state index in [0.29, 0.717) is 21.7 Å². The molecule has 11 nitrogen and oxygen atoms in total. The number of benzene rings is 2. The van der Waals surface area contributed by atoms with Gasteiger partial charge in [0.15, 0.2) is 0 Å². The van der Waals surface area contributed by atoms with Gasteiger partial charge >= 0.3 is 0 Å². The van der Waals surface area contributed by atoms with Crippen LogP contribution in [0, 0.1) is 0 Å². The fourth-order valence-electron chi connectivity index (χ4n) is 3.22. The average molecular weight is 533 g/mol. The highest BCUT2D eigenvalue weighted by atomic mass is 32.2. The maximum absolute atomic E-state index is 13.0. The van der Waals surface area contributed by atoms with E-state index < -0.39 is 38.4 Å². The average Bonchev–Trinajstić information content (AvgIpc) is 3.32. The summed E-state index contributed by atoms with van der Waals surface area (Å²) in [5.74, 6) is -0.0526. The van der Waals surface area contributed by atoms with E-state index in [1.807, 2.05) is 0 Å². The van der Waals surface area contributed by atoms with Crippen LogP contribution in [0.2, 0.25) is 0 Å². The Balaban J connectivity index is 2.20. The van der Waals surface area contributed by atoms with Gasteiger partial charge in [0.2, 0.25) is 15.8 Å². The molecule has 184 valence electrons. The molecule has 0 radical (unpaired) electrons. The quantitative estimate of drug-likeness (QED) is 0.210. The standard InChI is InChI=1S/C18H22F2N8O3S3/c1-23-12-4-2-3-10(15(12)32)9-5-6-13(34(30,31)24-8-7-11(21)17(19)20)16(33(22)29)14(9)18-25-27-28-26-18/h2-6,11,17,23-24,32H,7-8,21-22H2,1H3,(H,25,26,27,28). The fraction of sp³-hybridized carbons (Fsp3) is 0.278. The molecule has 1 heterocycles. The zero-order chi connectivity index (χ0) is 25.0. The van der Waals surface area contributed by atoms with E-state index in [1.54, 1.807) is 25.2 Å². The smallest absolute Gasteiger partial charge is 0.253 e. The van der Waals surface area contributed by atoms with Gasteiger partial charge in [-0.1, -0.05) is 18.2 Å². The second-order valence-electron chi connectivity index (χ2n) is 6.98. The van der Waals surface area contributed by atoms with Gasteiger partial charge in [0, 0.05) is 29.7 Å². The first-order valence-electron chi connectivity index (χ1n) is 9.69. The van der Waals surface area contributed by atoms with Gasteiger partial charge < -0.3 is 11.1 Å². The first-order chi connectivity index (χ1) is 16.1. The number of nitrogens with two attached hydrogens (primary N) is 2. The third-order valence-electron chi connectivity index (χ3n) is 4.87. The summed E-state index contributed by atoms with van der Waals surface area (Å²) < 4.78 is 66.2. The number of halogens is 2. The molecule has 3 aromatic rings.